The number of hydrogen-bond acceptors (Lipinski definition) is 3. The number of hydrogen-bond donors (Lipinski definition) is 0. The van der Waals surface area contributed by atoms with Crippen LogP contribution < -0.4 is 18.9 Å². The minimum absolute atomic E-state index is 0. The van der Waals surface area contributed by atoms with Crippen LogP contribution in [-0.2, 0) is 11.4 Å². The Kier molecular flexibility index (Phi) is 8.34. The standard InChI is InChI=1S/3C4H9O.Al.Li/c3*1-4(2,3)5;;/h3*1-3H3;;/q3*-1;+3;+1. The molecule has 5 heteroatoms. The Morgan fingerprint density at radius 3 is 0.824 bits per heavy atom. The van der Waals surface area contributed by atoms with E-state index in [0.717, 1.165) is 0 Å². The monoisotopic (exact) mass is 253 g/mol. The van der Waals surface area contributed by atoms with Crippen LogP contribution in [0.15, 0.2) is 0 Å². The van der Waals surface area contributed by atoms with Crippen LogP contribution in [0.1, 0.15) is 62.3 Å². The van der Waals surface area contributed by atoms with E-state index in [9.17, 15) is 0 Å². The van der Waals surface area contributed by atoms with Crippen molar-refractivity contribution in [1.82, 2.24) is 0 Å². The zero-order valence-electron chi connectivity index (χ0n) is 13.3. The molecule has 0 spiro atoms. The quantitative estimate of drug-likeness (QED) is 0.682. The second-order valence-corrected chi connectivity index (χ2v) is 8.26. The Morgan fingerprint density at radius 2 is 0.706 bits per heavy atom. The maximum atomic E-state index is 5.88. The van der Waals surface area contributed by atoms with Crippen LogP contribution in [0.2, 0.25) is 0 Å². The summed E-state index contributed by atoms with van der Waals surface area (Å²) in [4.78, 5) is 0. The maximum absolute atomic E-state index is 5.88. The van der Waals surface area contributed by atoms with Gasteiger partial charge in [-0.15, -0.1) is 0 Å². The van der Waals surface area contributed by atoms with Crippen LogP contribution in [0.3, 0.4) is 0 Å². The summed E-state index contributed by atoms with van der Waals surface area (Å²) in [6.07, 6.45) is 0. The molecule has 0 bridgehead atoms. The van der Waals surface area contributed by atoms with E-state index in [4.69, 9.17) is 11.4 Å². The van der Waals surface area contributed by atoms with Gasteiger partial charge in [-0.2, -0.15) is 0 Å². The van der Waals surface area contributed by atoms with Crippen molar-refractivity contribution in [3.63, 3.8) is 0 Å². The molecule has 3 nitrogen and oxygen atoms in total. The molecule has 0 unspecified atom stereocenters. The van der Waals surface area contributed by atoms with E-state index in [1.807, 2.05) is 62.3 Å². The van der Waals surface area contributed by atoms with Gasteiger partial charge in [0.1, 0.15) is 0 Å². The van der Waals surface area contributed by atoms with Gasteiger partial charge in [-0.1, -0.05) is 0 Å². The third-order valence-electron chi connectivity index (χ3n) is 1.35. The van der Waals surface area contributed by atoms with E-state index in [1.165, 1.54) is 0 Å². The third kappa shape index (κ3) is 15.0. The molecule has 0 aromatic carbocycles. The summed E-state index contributed by atoms with van der Waals surface area (Å²) in [7, 11) is 0. The summed E-state index contributed by atoms with van der Waals surface area (Å²) in [6, 6.07) is 0. The molecular weight excluding hydrogens is 226 g/mol. The molecule has 0 rings (SSSR count). The van der Waals surface area contributed by atoms with Crippen molar-refractivity contribution in [3.8, 4) is 0 Å². The Balaban J connectivity index is 0. The fourth-order valence-corrected chi connectivity index (χ4v) is 2.81. The minimum Gasteiger partial charge on any atom is -0.450 e. The van der Waals surface area contributed by atoms with Gasteiger partial charge in [0.2, 0.25) is 0 Å². The summed E-state index contributed by atoms with van der Waals surface area (Å²) in [5, 5.41) is 0. The average Bonchev–Trinajstić information content (AvgIpc) is 1.70. The predicted octanol–water partition coefficient (Wildman–Crippen LogP) is 0.421. The van der Waals surface area contributed by atoms with Gasteiger partial charge in [-0.3, -0.25) is 0 Å². The van der Waals surface area contributed by atoms with E-state index in [-0.39, 0.29) is 35.7 Å². The molecule has 0 aliphatic carbocycles. The molecule has 0 amide bonds. The summed E-state index contributed by atoms with van der Waals surface area (Å²) in [5.41, 5.74) is -0.686. The van der Waals surface area contributed by atoms with Crippen molar-refractivity contribution in [3.05, 3.63) is 0 Å². The minimum atomic E-state index is -2.11. The molecule has 0 aliphatic rings. The van der Waals surface area contributed by atoms with Crippen molar-refractivity contribution in [2.75, 3.05) is 0 Å². The Bertz CT molecular complexity index is 175. The van der Waals surface area contributed by atoms with E-state index in [0.29, 0.717) is 0 Å². The van der Waals surface area contributed by atoms with Gasteiger partial charge in [-0.25, -0.2) is 0 Å². The van der Waals surface area contributed by atoms with Crippen LogP contribution in [0, 0.1) is 0 Å². The molecule has 0 saturated heterocycles. The fraction of sp³-hybridized carbons (Fsp3) is 1.00. The summed E-state index contributed by atoms with van der Waals surface area (Å²) >= 11 is -2.11. The van der Waals surface area contributed by atoms with Gasteiger partial charge < -0.3 is 11.4 Å². The van der Waals surface area contributed by atoms with Gasteiger partial charge in [0, 0.05) is 16.8 Å². The summed E-state index contributed by atoms with van der Waals surface area (Å²) in [5.74, 6) is 0. The van der Waals surface area contributed by atoms with Crippen molar-refractivity contribution in [2.45, 2.75) is 79.1 Å². The molecule has 0 aromatic heterocycles. The summed E-state index contributed by atoms with van der Waals surface area (Å²) < 4.78 is 17.7. The van der Waals surface area contributed by atoms with Crippen molar-refractivity contribution >= 4 is 15.1 Å². The van der Waals surface area contributed by atoms with Crippen LogP contribution >= 0.6 is 0 Å². The van der Waals surface area contributed by atoms with Gasteiger partial charge in [0.25, 0.3) is 0 Å². The molecule has 0 N–H and O–H groups in total. The Hall–Kier alpha value is 1.01. The smallest absolute Gasteiger partial charge is 0.450 e. The first-order valence-corrected chi connectivity index (χ1v) is 7.23. The van der Waals surface area contributed by atoms with Gasteiger partial charge in [0.15, 0.2) is 0 Å². The van der Waals surface area contributed by atoms with E-state index in [2.05, 4.69) is 0 Å². The van der Waals surface area contributed by atoms with Crippen molar-refractivity contribution < 1.29 is 30.2 Å². The normalized spacial score (nSPS) is 13.2. The Morgan fingerprint density at radius 1 is 0.529 bits per heavy atom. The first-order valence-electron chi connectivity index (χ1n) is 5.82. The SMILES string of the molecule is CC(C)(C)[O][Al]([O]C(C)(C)C)[O]C(C)(C)C.[Li+]. The van der Waals surface area contributed by atoms with Gasteiger partial charge in [-0.05, 0) is 62.3 Å². The average molecular weight is 253 g/mol. The van der Waals surface area contributed by atoms with E-state index >= 15 is 0 Å². The van der Waals surface area contributed by atoms with E-state index in [1.54, 1.807) is 0 Å². The molecule has 17 heavy (non-hydrogen) atoms. The Labute approximate surface area is 124 Å². The van der Waals surface area contributed by atoms with Crippen LogP contribution in [0.5, 0.6) is 0 Å². The molecular formula is C12H27AlLiO3+. The van der Waals surface area contributed by atoms with Crippen LogP contribution in [0.25, 0.3) is 0 Å². The van der Waals surface area contributed by atoms with Crippen LogP contribution in [-0.4, -0.2) is 32.0 Å². The third-order valence-corrected chi connectivity index (χ3v) is 4.05. The topological polar surface area (TPSA) is 27.7 Å². The van der Waals surface area contributed by atoms with Crippen LogP contribution in [0.4, 0.5) is 0 Å². The second kappa shape index (κ2) is 6.97. The van der Waals surface area contributed by atoms with E-state index < -0.39 is 15.1 Å². The molecule has 0 saturated carbocycles. The molecule has 0 atom stereocenters. The maximum Gasteiger partial charge on any atom is 1.00 e. The zero-order valence-corrected chi connectivity index (χ0v) is 14.5. The second-order valence-electron chi connectivity index (χ2n) is 6.98. The molecule has 96 valence electrons. The first-order chi connectivity index (χ1) is 6.79. The first kappa shape index (κ1) is 20.3. The molecule has 0 aromatic rings. The molecule has 0 fully saturated rings. The molecule has 0 aliphatic heterocycles. The van der Waals surface area contributed by atoms with Crippen molar-refractivity contribution in [2.24, 2.45) is 0 Å². The van der Waals surface area contributed by atoms with Crippen molar-refractivity contribution in [1.29, 1.82) is 0 Å². The zero-order chi connectivity index (χ0) is 13.2. The fourth-order valence-electron chi connectivity index (χ4n) is 0.938. The summed E-state index contributed by atoms with van der Waals surface area (Å²) in [6.45, 7) is 18.2. The molecule has 0 radical (unpaired) electrons. The largest absolute Gasteiger partial charge is 1.00 e. The van der Waals surface area contributed by atoms with Gasteiger partial charge >= 0.3 is 34.0 Å². The van der Waals surface area contributed by atoms with Gasteiger partial charge in [0.05, 0.1) is 0 Å². The molecule has 0 heterocycles. The number of rotatable bonds is 3. The predicted molar refractivity (Wildman–Crippen MR) is 68.3 cm³/mol.